The average molecular weight is 452 g/mol. The number of rotatable bonds is 6. The Morgan fingerprint density at radius 2 is 1.90 bits per heavy atom. The minimum absolute atomic E-state index is 0.0147. The molecule has 9 nitrogen and oxygen atoms in total. The third kappa shape index (κ3) is 4.35. The first-order chi connectivity index (χ1) is 14.5. The Kier molecular flexibility index (Phi) is 6.35. The topological polar surface area (TPSA) is 107 Å². The molecule has 0 radical (unpaired) electrons. The molecule has 0 aromatic carbocycles. The minimum atomic E-state index is -1.11. The van der Waals surface area contributed by atoms with Crippen molar-refractivity contribution in [1.29, 1.82) is 0 Å². The van der Waals surface area contributed by atoms with Gasteiger partial charge >= 0.3 is 0 Å². The van der Waals surface area contributed by atoms with Crippen LogP contribution in [0.2, 0.25) is 5.15 Å². The molecule has 4 heterocycles. The van der Waals surface area contributed by atoms with E-state index in [1.54, 1.807) is 6.07 Å². The lowest BCUT2D eigenvalue weighted by atomic mass is 10.1. The van der Waals surface area contributed by atoms with E-state index in [-0.39, 0.29) is 18.6 Å². The molecule has 1 saturated heterocycles. The van der Waals surface area contributed by atoms with Gasteiger partial charge in [0.1, 0.15) is 10.7 Å². The highest BCUT2D eigenvalue weighted by atomic mass is 35.5. The summed E-state index contributed by atoms with van der Waals surface area (Å²) in [5, 5.41) is 21.5. The Balaban J connectivity index is 1.54. The second-order valence-electron chi connectivity index (χ2n) is 7.81. The zero-order chi connectivity index (χ0) is 21.3. The van der Waals surface area contributed by atoms with E-state index in [0.29, 0.717) is 34.0 Å². The molecular weight excluding hydrogens is 426 g/mol. The summed E-state index contributed by atoms with van der Waals surface area (Å²) in [5.74, 6) is 2.80. The lowest BCUT2D eigenvalue weighted by Crippen LogP contribution is -2.47. The Hall–Kier alpha value is -2.04. The summed E-state index contributed by atoms with van der Waals surface area (Å²) in [6.07, 6.45) is 0.679. The van der Waals surface area contributed by atoms with Gasteiger partial charge in [0.2, 0.25) is 5.95 Å². The van der Waals surface area contributed by atoms with Crippen molar-refractivity contribution >= 4 is 40.0 Å². The molecule has 2 atom stereocenters. The molecule has 2 N–H and O–H groups in total. The molecule has 4 rings (SSSR count). The number of hydrogen-bond acceptors (Lipinski definition) is 9. The fraction of sp³-hybridized carbons (Fsp3) is 0.579. The molecule has 0 spiro atoms. The van der Waals surface area contributed by atoms with E-state index in [0.717, 1.165) is 37.7 Å². The van der Waals surface area contributed by atoms with Crippen molar-refractivity contribution in [2.75, 3.05) is 53.7 Å². The zero-order valence-electron chi connectivity index (χ0n) is 17.1. The van der Waals surface area contributed by atoms with E-state index in [1.165, 1.54) is 0 Å². The fourth-order valence-electron chi connectivity index (χ4n) is 3.64. The normalized spacial score (nSPS) is 19.8. The van der Waals surface area contributed by atoms with Crippen molar-refractivity contribution in [2.24, 2.45) is 5.92 Å². The summed E-state index contributed by atoms with van der Waals surface area (Å²) >= 11 is 5.83. The van der Waals surface area contributed by atoms with Crippen LogP contribution in [-0.2, 0) is 17.2 Å². The zero-order valence-corrected chi connectivity index (χ0v) is 18.7. The second kappa shape index (κ2) is 8.99. The van der Waals surface area contributed by atoms with Crippen molar-refractivity contribution in [3.8, 4) is 0 Å². The second-order valence-corrected chi connectivity index (χ2v) is 9.71. The maximum atomic E-state index is 12.5. The van der Waals surface area contributed by atoms with Crippen LogP contribution >= 0.6 is 11.6 Å². The van der Waals surface area contributed by atoms with Gasteiger partial charge in [-0.1, -0.05) is 25.4 Å². The van der Waals surface area contributed by atoms with Crippen molar-refractivity contribution < 1.29 is 9.32 Å². The van der Waals surface area contributed by atoms with Crippen LogP contribution in [0.1, 0.15) is 19.5 Å². The van der Waals surface area contributed by atoms with Crippen LogP contribution in [0.3, 0.4) is 0 Å². The predicted molar refractivity (Wildman–Crippen MR) is 118 cm³/mol. The largest absolute Gasteiger partial charge is 0.394 e. The van der Waals surface area contributed by atoms with Gasteiger partial charge in [0.25, 0.3) is 0 Å². The molecule has 0 saturated carbocycles. The number of anilines is 3. The van der Waals surface area contributed by atoms with Crippen molar-refractivity contribution in [2.45, 2.75) is 31.2 Å². The number of nitrogens with one attached hydrogen (secondary N) is 1. The third-order valence-electron chi connectivity index (χ3n) is 5.50. The molecule has 162 valence electrons. The number of nitrogens with zero attached hydrogens (tertiary/aromatic N) is 6. The Morgan fingerprint density at radius 1 is 1.17 bits per heavy atom. The van der Waals surface area contributed by atoms with Gasteiger partial charge in [-0.05, 0) is 18.1 Å². The summed E-state index contributed by atoms with van der Waals surface area (Å²) in [6, 6.07) is 3.45. The van der Waals surface area contributed by atoms with Crippen LogP contribution in [0.25, 0.3) is 0 Å². The van der Waals surface area contributed by atoms with E-state index < -0.39 is 10.8 Å². The molecule has 2 aliphatic rings. The highest BCUT2D eigenvalue weighted by Gasteiger charge is 2.29. The molecule has 11 heteroatoms. The maximum absolute atomic E-state index is 12.5. The van der Waals surface area contributed by atoms with Gasteiger partial charge in [-0.25, -0.2) is 4.98 Å². The summed E-state index contributed by atoms with van der Waals surface area (Å²) in [4.78, 5) is 14.4. The molecule has 1 unspecified atom stereocenters. The predicted octanol–water partition coefficient (Wildman–Crippen LogP) is 1.34. The van der Waals surface area contributed by atoms with E-state index in [4.69, 9.17) is 21.6 Å². The molecule has 0 amide bonds. The summed E-state index contributed by atoms with van der Waals surface area (Å²) < 4.78 is 12.5. The van der Waals surface area contributed by atoms with Crippen LogP contribution in [0.5, 0.6) is 0 Å². The third-order valence-corrected chi connectivity index (χ3v) is 7.16. The van der Waals surface area contributed by atoms with Gasteiger partial charge in [0.15, 0.2) is 11.0 Å². The van der Waals surface area contributed by atoms with Crippen LogP contribution < -0.4 is 15.1 Å². The van der Waals surface area contributed by atoms with Crippen LogP contribution in [0, 0.1) is 5.92 Å². The van der Waals surface area contributed by atoms with Crippen LogP contribution in [0.15, 0.2) is 17.0 Å². The Bertz CT molecular complexity index is 920. The summed E-state index contributed by atoms with van der Waals surface area (Å²) in [6.45, 7) is 7.04. The monoisotopic (exact) mass is 451 g/mol. The van der Waals surface area contributed by atoms with Crippen molar-refractivity contribution in [1.82, 2.24) is 20.2 Å². The number of hydrogen-bond donors (Lipinski definition) is 2. The lowest BCUT2D eigenvalue weighted by molar-refractivity contribution is 0.249. The van der Waals surface area contributed by atoms with E-state index >= 15 is 0 Å². The van der Waals surface area contributed by atoms with E-state index in [9.17, 15) is 9.32 Å². The van der Waals surface area contributed by atoms with Crippen LogP contribution in [0.4, 0.5) is 17.6 Å². The fourth-order valence-corrected chi connectivity index (χ4v) is 5.05. The first kappa shape index (κ1) is 21.2. The first-order valence-corrected chi connectivity index (χ1v) is 11.8. The first-order valence-electron chi connectivity index (χ1n) is 10.1. The molecule has 30 heavy (non-hydrogen) atoms. The average Bonchev–Trinajstić information content (AvgIpc) is 3.13. The molecule has 0 aliphatic carbocycles. The number of piperazine rings is 1. The van der Waals surface area contributed by atoms with E-state index in [2.05, 4.69) is 25.3 Å². The van der Waals surface area contributed by atoms with Gasteiger partial charge in [-0.2, -0.15) is 4.98 Å². The minimum Gasteiger partial charge on any atom is -0.394 e. The van der Waals surface area contributed by atoms with Gasteiger partial charge in [-0.15, -0.1) is 10.2 Å². The maximum Gasteiger partial charge on any atom is 0.227 e. The van der Waals surface area contributed by atoms with Gasteiger partial charge in [-0.3, -0.25) is 4.21 Å². The number of halogens is 1. The van der Waals surface area contributed by atoms with Crippen LogP contribution in [-0.4, -0.2) is 74.1 Å². The number of aromatic nitrogens is 4. The summed E-state index contributed by atoms with van der Waals surface area (Å²) in [5.41, 5.74) is 0.840. The van der Waals surface area contributed by atoms with Gasteiger partial charge < -0.3 is 20.2 Å². The smallest absolute Gasteiger partial charge is 0.227 e. The number of fused-ring (bicyclic) bond motifs is 1. The number of aliphatic hydroxyl groups excluding tert-OH is 1. The number of aryl methyl sites for hydroxylation is 1. The molecular formula is C19H26ClN7O2S. The van der Waals surface area contributed by atoms with Crippen molar-refractivity contribution in [3.63, 3.8) is 0 Å². The molecule has 2 aromatic heterocycles. The molecule has 2 aliphatic heterocycles. The standard InChI is InChI=1S/C19H26ClN7O2S/c1-12(2)14(11-28)21-18-17-13(5-10-30(17)29)22-19(23-18)27-8-6-26(7-9-27)16-4-3-15(20)24-25-16/h3-4,12,14,28H,5-11H2,1-2H3,(H,21,22,23)/t14-,30?/m0/s1. The lowest BCUT2D eigenvalue weighted by Gasteiger charge is -2.35. The highest BCUT2D eigenvalue weighted by molar-refractivity contribution is 7.85. The molecule has 1 fully saturated rings. The molecule has 0 bridgehead atoms. The summed E-state index contributed by atoms with van der Waals surface area (Å²) in [7, 11) is -1.11. The SMILES string of the molecule is CC(C)[C@H](CO)Nc1nc(N2CCN(c3ccc(Cl)nn3)CC2)nc2c1S(=O)CC2. The number of aliphatic hydroxyl groups is 1. The molecule has 2 aromatic rings. The Labute approximate surface area is 183 Å². The van der Waals surface area contributed by atoms with Gasteiger partial charge in [0.05, 0.1) is 29.1 Å². The Morgan fingerprint density at radius 3 is 2.53 bits per heavy atom. The van der Waals surface area contributed by atoms with E-state index in [1.807, 2.05) is 19.9 Å². The van der Waals surface area contributed by atoms with Gasteiger partial charge in [0, 0.05) is 38.4 Å². The van der Waals surface area contributed by atoms with Crippen molar-refractivity contribution in [3.05, 3.63) is 23.0 Å². The quantitative estimate of drug-likeness (QED) is 0.672. The highest BCUT2D eigenvalue weighted by Crippen LogP contribution is 2.31.